The normalized spacial score (nSPS) is 17.2. The molecule has 1 aromatic heterocycles. The number of anilines is 1. The first-order valence-electron chi connectivity index (χ1n) is 6.40. The first-order chi connectivity index (χ1) is 9.09. The van der Waals surface area contributed by atoms with Crippen LogP contribution in [0.25, 0.3) is 11.4 Å². The average Bonchev–Trinajstić information content (AvgIpc) is 2.79. The van der Waals surface area contributed by atoms with E-state index >= 15 is 0 Å². The maximum absolute atomic E-state index is 5.92. The van der Waals surface area contributed by atoms with Crippen LogP contribution in [0.4, 0.5) is 5.69 Å². The van der Waals surface area contributed by atoms with Gasteiger partial charge in [0.2, 0.25) is 0 Å². The molecule has 0 radical (unpaired) electrons. The molecule has 1 saturated carbocycles. The van der Waals surface area contributed by atoms with Crippen molar-refractivity contribution in [3.63, 3.8) is 0 Å². The van der Waals surface area contributed by atoms with Crippen molar-refractivity contribution in [1.82, 2.24) is 20.2 Å². The molecule has 0 saturated heterocycles. The molecule has 0 unspecified atom stereocenters. The van der Waals surface area contributed by atoms with E-state index in [0.29, 0.717) is 11.1 Å². The highest BCUT2D eigenvalue weighted by Crippen LogP contribution is 2.42. The molecule has 1 aromatic carbocycles. The van der Waals surface area contributed by atoms with E-state index in [0.717, 1.165) is 22.4 Å². The number of rotatable bonds is 3. The third-order valence-corrected chi connectivity index (χ3v) is 4.78. The molecule has 0 atom stereocenters. The van der Waals surface area contributed by atoms with Gasteiger partial charge < -0.3 is 5.73 Å². The Morgan fingerprint density at radius 1 is 1.42 bits per heavy atom. The molecule has 1 heterocycles. The maximum Gasteiger partial charge on any atom is 0.183 e. The van der Waals surface area contributed by atoms with Crippen molar-refractivity contribution in [3.8, 4) is 11.4 Å². The zero-order valence-electron chi connectivity index (χ0n) is 10.8. The second-order valence-electron chi connectivity index (χ2n) is 5.53. The third kappa shape index (κ3) is 2.25. The number of nitrogen functional groups attached to an aromatic ring is 1. The van der Waals surface area contributed by atoms with E-state index in [-0.39, 0.29) is 0 Å². The lowest BCUT2D eigenvalue weighted by molar-refractivity contribution is 0.126. The van der Waals surface area contributed by atoms with Gasteiger partial charge in [0.15, 0.2) is 5.82 Å². The van der Waals surface area contributed by atoms with Crippen molar-refractivity contribution in [2.75, 3.05) is 5.73 Å². The molecule has 19 heavy (non-hydrogen) atoms. The van der Waals surface area contributed by atoms with Gasteiger partial charge in [-0.3, -0.25) is 0 Å². The minimum Gasteiger partial charge on any atom is -0.398 e. The zero-order chi connectivity index (χ0) is 13.5. The van der Waals surface area contributed by atoms with Crippen molar-refractivity contribution in [1.29, 1.82) is 0 Å². The van der Waals surface area contributed by atoms with Crippen molar-refractivity contribution in [3.05, 3.63) is 22.7 Å². The quantitative estimate of drug-likeness (QED) is 0.882. The topological polar surface area (TPSA) is 69.6 Å². The van der Waals surface area contributed by atoms with Gasteiger partial charge in [-0.2, -0.15) is 0 Å². The van der Waals surface area contributed by atoms with Crippen molar-refractivity contribution >= 4 is 21.6 Å². The lowest BCUT2D eigenvalue weighted by Gasteiger charge is -2.38. The highest BCUT2D eigenvalue weighted by atomic mass is 79.9. The molecule has 1 aliphatic carbocycles. The van der Waals surface area contributed by atoms with Crippen molar-refractivity contribution < 1.29 is 0 Å². The number of hydrogen-bond donors (Lipinski definition) is 1. The second-order valence-corrected chi connectivity index (χ2v) is 6.33. The fourth-order valence-corrected chi connectivity index (χ4v) is 2.97. The van der Waals surface area contributed by atoms with E-state index in [1.807, 2.05) is 22.9 Å². The van der Waals surface area contributed by atoms with E-state index in [2.05, 4.69) is 38.4 Å². The lowest BCUT2D eigenvalue weighted by atomic mass is 9.70. The summed E-state index contributed by atoms with van der Waals surface area (Å²) in [6.45, 7) is 3.15. The number of aromatic nitrogens is 4. The van der Waals surface area contributed by atoms with Gasteiger partial charge in [0.1, 0.15) is 0 Å². The van der Waals surface area contributed by atoms with Crippen LogP contribution in [0.1, 0.15) is 26.2 Å². The molecule has 0 bridgehead atoms. The molecule has 1 fully saturated rings. The molecule has 2 aromatic rings. The number of hydrogen-bond acceptors (Lipinski definition) is 4. The molecule has 2 N–H and O–H groups in total. The number of halogens is 1. The summed E-state index contributed by atoms with van der Waals surface area (Å²) in [4.78, 5) is 0. The Hall–Kier alpha value is -1.43. The van der Waals surface area contributed by atoms with Crippen LogP contribution in [0.3, 0.4) is 0 Å². The molecule has 100 valence electrons. The summed E-state index contributed by atoms with van der Waals surface area (Å²) >= 11 is 3.51. The SMILES string of the molecule is CC1(Cn2nnnc2-c2cccc(N)c2Br)CCC1. The monoisotopic (exact) mass is 321 g/mol. The van der Waals surface area contributed by atoms with Crippen LogP contribution >= 0.6 is 15.9 Å². The van der Waals surface area contributed by atoms with Crippen LogP contribution in [0.15, 0.2) is 22.7 Å². The molecule has 6 heteroatoms. The van der Waals surface area contributed by atoms with E-state index in [4.69, 9.17) is 5.73 Å². The Morgan fingerprint density at radius 2 is 2.21 bits per heavy atom. The van der Waals surface area contributed by atoms with Crippen LogP contribution in [0.5, 0.6) is 0 Å². The summed E-state index contributed by atoms with van der Waals surface area (Å²) in [5.74, 6) is 0.771. The first-order valence-corrected chi connectivity index (χ1v) is 7.19. The van der Waals surface area contributed by atoms with Crippen molar-refractivity contribution in [2.24, 2.45) is 5.41 Å². The van der Waals surface area contributed by atoms with Crippen LogP contribution in [0, 0.1) is 5.41 Å². The highest BCUT2D eigenvalue weighted by Gasteiger charge is 2.33. The summed E-state index contributed by atoms with van der Waals surface area (Å²) in [6.07, 6.45) is 3.78. The van der Waals surface area contributed by atoms with Gasteiger partial charge in [-0.05, 0) is 56.7 Å². The Bertz CT molecular complexity index is 603. The van der Waals surface area contributed by atoms with Crippen LogP contribution < -0.4 is 5.73 Å². The van der Waals surface area contributed by atoms with Crippen LogP contribution in [0.2, 0.25) is 0 Å². The van der Waals surface area contributed by atoms with E-state index < -0.39 is 0 Å². The molecule has 5 nitrogen and oxygen atoms in total. The minimum absolute atomic E-state index is 0.330. The van der Waals surface area contributed by atoms with Gasteiger partial charge in [-0.15, -0.1) is 5.10 Å². The zero-order valence-corrected chi connectivity index (χ0v) is 12.4. The lowest BCUT2D eigenvalue weighted by Crippen LogP contribution is -2.31. The average molecular weight is 322 g/mol. The van der Waals surface area contributed by atoms with Gasteiger partial charge in [0.05, 0.1) is 11.0 Å². The number of nitrogens with zero attached hydrogens (tertiary/aromatic N) is 4. The van der Waals surface area contributed by atoms with Crippen LogP contribution in [-0.2, 0) is 6.54 Å². The summed E-state index contributed by atoms with van der Waals surface area (Å²) < 4.78 is 2.74. The van der Waals surface area contributed by atoms with E-state index in [9.17, 15) is 0 Å². The summed E-state index contributed by atoms with van der Waals surface area (Å²) in [6, 6.07) is 5.75. The predicted molar refractivity (Wildman–Crippen MR) is 77.3 cm³/mol. The fraction of sp³-hybridized carbons (Fsp3) is 0.462. The van der Waals surface area contributed by atoms with Gasteiger partial charge in [-0.25, -0.2) is 4.68 Å². The number of benzene rings is 1. The van der Waals surface area contributed by atoms with E-state index in [1.54, 1.807) is 0 Å². The fourth-order valence-electron chi connectivity index (χ4n) is 2.53. The van der Waals surface area contributed by atoms with Gasteiger partial charge >= 0.3 is 0 Å². The molecule has 0 spiro atoms. The van der Waals surface area contributed by atoms with E-state index in [1.165, 1.54) is 19.3 Å². The van der Waals surface area contributed by atoms with Gasteiger partial charge in [0, 0.05) is 11.3 Å². The van der Waals surface area contributed by atoms with Gasteiger partial charge in [0.25, 0.3) is 0 Å². The molecule has 0 aliphatic heterocycles. The molecular weight excluding hydrogens is 306 g/mol. The molecule has 3 rings (SSSR count). The molecule has 0 amide bonds. The maximum atomic E-state index is 5.92. The largest absolute Gasteiger partial charge is 0.398 e. The molecular formula is C13H16BrN5. The summed E-state index contributed by atoms with van der Waals surface area (Å²) in [5, 5.41) is 12.1. The Labute approximate surface area is 120 Å². The standard InChI is InChI=1S/C13H16BrN5/c1-13(6-3-7-13)8-19-12(16-17-18-19)9-4-2-5-10(15)11(9)14/h2,4-5H,3,6-8,15H2,1H3. The Kier molecular flexibility index (Phi) is 3.05. The predicted octanol–water partition coefficient (Wildman–Crippen LogP) is 2.88. The third-order valence-electron chi connectivity index (χ3n) is 3.89. The first kappa shape index (κ1) is 12.6. The summed E-state index contributed by atoms with van der Waals surface area (Å²) in [7, 11) is 0. The Morgan fingerprint density at radius 3 is 2.89 bits per heavy atom. The smallest absolute Gasteiger partial charge is 0.183 e. The second kappa shape index (κ2) is 4.59. The Balaban J connectivity index is 1.97. The number of tetrazole rings is 1. The minimum atomic E-state index is 0.330. The van der Waals surface area contributed by atoms with Gasteiger partial charge in [-0.1, -0.05) is 19.4 Å². The van der Waals surface area contributed by atoms with Crippen molar-refractivity contribution in [2.45, 2.75) is 32.7 Å². The highest BCUT2D eigenvalue weighted by molar-refractivity contribution is 9.10. The van der Waals surface area contributed by atoms with Crippen LogP contribution in [-0.4, -0.2) is 20.2 Å². The number of nitrogens with two attached hydrogens (primary N) is 1. The summed E-state index contributed by atoms with van der Waals surface area (Å²) in [5.41, 5.74) is 7.88. The molecule has 1 aliphatic rings.